The van der Waals surface area contributed by atoms with E-state index in [-0.39, 0.29) is 5.84 Å². The minimum absolute atomic E-state index is 0.188. The molecule has 3 N–H and O–H groups in total. The van der Waals surface area contributed by atoms with Crippen LogP contribution < -0.4 is 10.6 Å². The van der Waals surface area contributed by atoms with Gasteiger partial charge in [-0.1, -0.05) is 30.6 Å². The lowest BCUT2D eigenvalue weighted by Crippen LogP contribution is -2.32. The molecule has 0 saturated heterocycles. The average Bonchev–Trinajstić information content (AvgIpc) is 3.19. The average molecular weight is 261 g/mol. The molecular weight excluding hydrogens is 238 g/mol. The largest absolute Gasteiger partial charge is 0.409 e. The first-order valence-electron chi connectivity index (χ1n) is 6.88. The van der Waals surface area contributed by atoms with Gasteiger partial charge in [-0.3, -0.25) is 0 Å². The van der Waals surface area contributed by atoms with Crippen LogP contribution in [0.25, 0.3) is 0 Å². The molecule has 0 atom stereocenters. The van der Waals surface area contributed by atoms with Gasteiger partial charge in [0.15, 0.2) is 5.84 Å². The first kappa shape index (κ1) is 13.7. The molecular formula is C15H23N3O. The predicted molar refractivity (Wildman–Crippen MR) is 78.9 cm³/mol. The first-order valence-corrected chi connectivity index (χ1v) is 6.88. The van der Waals surface area contributed by atoms with Crippen molar-refractivity contribution in [2.24, 2.45) is 16.8 Å². The Morgan fingerprint density at radius 2 is 2.16 bits per heavy atom. The van der Waals surface area contributed by atoms with E-state index in [1.807, 2.05) is 13.0 Å². The van der Waals surface area contributed by atoms with Crippen molar-refractivity contribution in [3.63, 3.8) is 0 Å². The van der Waals surface area contributed by atoms with Crippen molar-refractivity contribution in [2.45, 2.75) is 39.7 Å². The molecule has 0 spiro atoms. The van der Waals surface area contributed by atoms with Gasteiger partial charge in [0.05, 0.1) is 0 Å². The monoisotopic (exact) mass is 261 g/mol. The molecule has 1 aromatic carbocycles. The molecule has 1 saturated carbocycles. The highest BCUT2D eigenvalue weighted by molar-refractivity contribution is 6.02. The molecule has 1 fully saturated rings. The zero-order valence-corrected chi connectivity index (χ0v) is 11.9. The highest BCUT2D eigenvalue weighted by Gasteiger charge is 2.31. The number of nitrogens with two attached hydrogens (primary N) is 1. The number of nitrogens with zero attached hydrogens (tertiary/aromatic N) is 2. The summed E-state index contributed by atoms with van der Waals surface area (Å²) in [6.07, 6.45) is 2.46. The maximum absolute atomic E-state index is 8.97. The molecule has 0 aromatic heterocycles. The standard InChI is InChI=1S/C15H23N3O/c1-10(2)9-18(12-5-6-12)14-7-4-11(3)8-13(14)15(16)17-19/h4,7-8,10,12,19H,5-6,9H2,1-3H3,(H2,16,17). The van der Waals surface area contributed by atoms with Crippen LogP contribution in [0, 0.1) is 12.8 Å². The van der Waals surface area contributed by atoms with Gasteiger partial charge in [0.25, 0.3) is 0 Å². The van der Waals surface area contributed by atoms with E-state index < -0.39 is 0 Å². The van der Waals surface area contributed by atoms with Crippen molar-refractivity contribution >= 4 is 11.5 Å². The van der Waals surface area contributed by atoms with Crippen molar-refractivity contribution < 1.29 is 5.21 Å². The second kappa shape index (κ2) is 5.51. The zero-order chi connectivity index (χ0) is 14.0. The van der Waals surface area contributed by atoms with E-state index in [1.165, 1.54) is 12.8 Å². The van der Waals surface area contributed by atoms with Crippen molar-refractivity contribution in [3.8, 4) is 0 Å². The minimum atomic E-state index is 0.188. The molecule has 19 heavy (non-hydrogen) atoms. The summed E-state index contributed by atoms with van der Waals surface area (Å²) >= 11 is 0. The first-order chi connectivity index (χ1) is 9.02. The summed E-state index contributed by atoms with van der Waals surface area (Å²) in [5.41, 5.74) is 8.85. The van der Waals surface area contributed by atoms with Gasteiger partial charge >= 0.3 is 0 Å². The van der Waals surface area contributed by atoms with Crippen LogP contribution in [0.2, 0.25) is 0 Å². The second-order valence-corrected chi connectivity index (χ2v) is 5.78. The highest BCUT2D eigenvalue weighted by Crippen LogP contribution is 2.34. The van der Waals surface area contributed by atoms with E-state index in [4.69, 9.17) is 10.9 Å². The van der Waals surface area contributed by atoms with Gasteiger partial charge in [0.1, 0.15) is 0 Å². The molecule has 0 heterocycles. The van der Waals surface area contributed by atoms with Gasteiger partial charge in [0.2, 0.25) is 0 Å². The Balaban J connectivity index is 2.40. The number of anilines is 1. The van der Waals surface area contributed by atoms with E-state index in [2.05, 4.69) is 36.0 Å². The molecule has 0 radical (unpaired) electrons. The molecule has 4 nitrogen and oxygen atoms in total. The molecule has 1 aliphatic rings. The lowest BCUT2D eigenvalue weighted by Gasteiger charge is -2.28. The summed E-state index contributed by atoms with van der Waals surface area (Å²) in [6.45, 7) is 7.45. The highest BCUT2D eigenvalue weighted by atomic mass is 16.4. The van der Waals surface area contributed by atoms with E-state index in [9.17, 15) is 0 Å². The third-order valence-corrected chi connectivity index (χ3v) is 3.39. The van der Waals surface area contributed by atoms with E-state index >= 15 is 0 Å². The lowest BCUT2D eigenvalue weighted by atomic mass is 10.1. The summed E-state index contributed by atoms with van der Waals surface area (Å²) in [7, 11) is 0. The Morgan fingerprint density at radius 3 is 2.68 bits per heavy atom. The van der Waals surface area contributed by atoms with Crippen LogP contribution in [0.15, 0.2) is 23.4 Å². The van der Waals surface area contributed by atoms with Gasteiger partial charge in [-0.15, -0.1) is 0 Å². The minimum Gasteiger partial charge on any atom is -0.409 e. The molecule has 2 rings (SSSR count). The van der Waals surface area contributed by atoms with Crippen LogP contribution in [0.1, 0.15) is 37.8 Å². The maximum Gasteiger partial charge on any atom is 0.172 e. The number of benzene rings is 1. The van der Waals surface area contributed by atoms with Crippen LogP contribution in [-0.2, 0) is 0 Å². The maximum atomic E-state index is 8.97. The Bertz CT molecular complexity index is 478. The molecule has 1 aromatic rings. The fraction of sp³-hybridized carbons (Fsp3) is 0.533. The lowest BCUT2D eigenvalue weighted by molar-refractivity contribution is 0.318. The van der Waals surface area contributed by atoms with Crippen molar-refractivity contribution in [1.82, 2.24) is 0 Å². The second-order valence-electron chi connectivity index (χ2n) is 5.78. The molecule has 0 amide bonds. The van der Waals surface area contributed by atoms with E-state index in [0.29, 0.717) is 12.0 Å². The number of hydrogen-bond donors (Lipinski definition) is 2. The molecule has 0 unspecified atom stereocenters. The normalized spacial score (nSPS) is 15.9. The summed E-state index contributed by atoms with van der Waals surface area (Å²) in [4.78, 5) is 2.40. The Morgan fingerprint density at radius 1 is 1.47 bits per heavy atom. The zero-order valence-electron chi connectivity index (χ0n) is 11.9. The third-order valence-electron chi connectivity index (χ3n) is 3.39. The number of oxime groups is 1. The van der Waals surface area contributed by atoms with Gasteiger partial charge in [0, 0.05) is 23.8 Å². The number of rotatable bonds is 5. The van der Waals surface area contributed by atoms with E-state index in [1.54, 1.807) is 0 Å². The predicted octanol–water partition coefficient (Wildman–Crippen LogP) is 2.71. The third kappa shape index (κ3) is 3.19. The van der Waals surface area contributed by atoms with Crippen molar-refractivity contribution in [2.75, 3.05) is 11.4 Å². The van der Waals surface area contributed by atoms with Crippen LogP contribution in [-0.4, -0.2) is 23.6 Å². The quantitative estimate of drug-likeness (QED) is 0.371. The van der Waals surface area contributed by atoms with Crippen LogP contribution in [0.3, 0.4) is 0 Å². The number of amidine groups is 1. The fourth-order valence-corrected chi connectivity index (χ4v) is 2.38. The molecule has 104 valence electrons. The van der Waals surface area contributed by atoms with E-state index in [0.717, 1.165) is 23.4 Å². The number of hydrogen-bond acceptors (Lipinski definition) is 3. The SMILES string of the molecule is Cc1ccc(N(CC(C)C)C2CC2)c(/C(N)=N/O)c1. The molecule has 0 bridgehead atoms. The fourth-order valence-electron chi connectivity index (χ4n) is 2.38. The smallest absolute Gasteiger partial charge is 0.172 e. The molecule has 4 heteroatoms. The Hall–Kier alpha value is -1.71. The van der Waals surface area contributed by atoms with Crippen LogP contribution >= 0.6 is 0 Å². The molecule has 1 aliphatic carbocycles. The van der Waals surface area contributed by atoms with Gasteiger partial charge in [-0.25, -0.2) is 0 Å². The summed E-state index contributed by atoms with van der Waals surface area (Å²) in [6, 6.07) is 6.76. The summed E-state index contributed by atoms with van der Waals surface area (Å²) in [5, 5.41) is 12.1. The van der Waals surface area contributed by atoms with Gasteiger partial charge in [-0.05, 0) is 37.8 Å². The van der Waals surface area contributed by atoms with Gasteiger partial charge < -0.3 is 15.8 Å². The van der Waals surface area contributed by atoms with Gasteiger partial charge in [-0.2, -0.15) is 0 Å². The molecule has 0 aliphatic heterocycles. The summed E-state index contributed by atoms with van der Waals surface area (Å²) in [5.74, 6) is 0.773. The summed E-state index contributed by atoms with van der Waals surface area (Å²) < 4.78 is 0. The Kier molecular flexibility index (Phi) is 3.98. The number of aryl methyl sites for hydroxylation is 1. The van der Waals surface area contributed by atoms with Crippen molar-refractivity contribution in [3.05, 3.63) is 29.3 Å². The van der Waals surface area contributed by atoms with Crippen molar-refractivity contribution in [1.29, 1.82) is 0 Å². The Labute approximate surface area is 114 Å². The topological polar surface area (TPSA) is 61.8 Å². The van der Waals surface area contributed by atoms with Crippen LogP contribution in [0.5, 0.6) is 0 Å². The van der Waals surface area contributed by atoms with Crippen LogP contribution in [0.4, 0.5) is 5.69 Å².